The van der Waals surface area contributed by atoms with Gasteiger partial charge < -0.3 is 13.9 Å². The zero-order chi connectivity index (χ0) is 33.9. The van der Waals surface area contributed by atoms with Crippen molar-refractivity contribution in [3.8, 4) is 34.1 Å². The summed E-state index contributed by atoms with van der Waals surface area (Å²) in [7, 11) is -1.57. The molecule has 0 amide bonds. The second-order valence-corrected chi connectivity index (χ2v) is 19.8. The molecule has 3 heterocycles. The fraction of sp³-hybridized carbons (Fsp3) is 0.163. The van der Waals surface area contributed by atoms with Gasteiger partial charge in [-0.15, -0.1) is 0 Å². The van der Waals surface area contributed by atoms with Crippen molar-refractivity contribution in [2.75, 3.05) is 0 Å². The second-order valence-electron chi connectivity index (χ2n) is 14.8. The Bertz CT molecular complexity index is 2510. The molecule has 0 aliphatic carbocycles. The topological polar surface area (TPSA) is 35.9 Å². The van der Waals surface area contributed by atoms with E-state index in [2.05, 4.69) is 176 Å². The van der Waals surface area contributed by atoms with Crippen LogP contribution in [0.4, 0.5) is 0 Å². The van der Waals surface area contributed by atoms with E-state index in [1.165, 1.54) is 21.7 Å². The summed E-state index contributed by atoms with van der Waals surface area (Å²) in [6.45, 7) is 13.8. The lowest BCUT2D eigenvalue weighted by Gasteiger charge is -2.21. The first-order valence-corrected chi connectivity index (χ1v) is 20.4. The van der Waals surface area contributed by atoms with Crippen LogP contribution in [0, 0.1) is 6.33 Å². The Hall–Kier alpha value is -5.46. The third-order valence-corrected chi connectivity index (χ3v) is 11.3. The number of pyridine rings is 1. The van der Waals surface area contributed by atoms with E-state index in [-0.39, 0.29) is 5.54 Å². The minimum atomic E-state index is -1.57. The summed E-state index contributed by atoms with van der Waals surface area (Å²) in [6, 6.07) is 44.8. The van der Waals surface area contributed by atoms with Gasteiger partial charge in [-0.2, -0.15) is 0 Å². The van der Waals surface area contributed by atoms with Crippen molar-refractivity contribution in [2.45, 2.75) is 46.0 Å². The van der Waals surface area contributed by atoms with Crippen molar-refractivity contribution < 1.29 is 9.30 Å². The van der Waals surface area contributed by atoms with Gasteiger partial charge in [0.05, 0.1) is 41.4 Å². The molecule has 0 N–H and O–H groups in total. The maximum absolute atomic E-state index is 6.60. The molecule has 0 saturated heterocycles. The normalized spacial score (nSPS) is 12.3. The predicted octanol–water partition coefficient (Wildman–Crippen LogP) is 9.97. The molecular weight excluding hydrogens is 617 g/mol. The number of fused-ring (bicyclic) bond motifs is 4. The third-order valence-electron chi connectivity index (χ3n) is 9.21. The Kier molecular flexibility index (Phi) is 7.30. The minimum Gasteiger partial charge on any atom is -0.458 e. The molecular formula is C43H40N4OSi. The fourth-order valence-electron chi connectivity index (χ4n) is 6.94. The molecule has 0 aliphatic rings. The van der Waals surface area contributed by atoms with E-state index in [0.29, 0.717) is 0 Å². The van der Waals surface area contributed by atoms with E-state index in [1.807, 2.05) is 18.3 Å². The SMILES string of the molecule is CC(C)(C)[n+]1[c-]n(-c2cccc(Oc3ccc4c5ccccc5n(-c5cc(-c6ccccc6[Si](C)(C)C)ccn5)c4c3)c2)c2ccccc21. The van der Waals surface area contributed by atoms with E-state index >= 15 is 0 Å². The molecule has 0 saturated carbocycles. The summed E-state index contributed by atoms with van der Waals surface area (Å²) >= 11 is 0. The molecule has 0 unspecified atom stereocenters. The lowest BCUT2D eigenvalue weighted by Crippen LogP contribution is -2.49. The smallest absolute Gasteiger partial charge is 0.244 e. The Morgan fingerprint density at radius 3 is 2.20 bits per heavy atom. The molecule has 5 nitrogen and oxygen atoms in total. The van der Waals surface area contributed by atoms with Gasteiger partial charge in [-0.05, 0) is 74.4 Å². The predicted molar refractivity (Wildman–Crippen MR) is 204 cm³/mol. The zero-order valence-electron chi connectivity index (χ0n) is 28.9. The number of hydrogen-bond acceptors (Lipinski definition) is 2. The summed E-state index contributed by atoms with van der Waals surface area (Å²) < 4.78 is 13.2. The largest absolute Gasteiger partial charge is 0.458 e. The minimum absolute atomic E-state index is 0.112. The molecule has 6 heteroatoms. The van der Waals surface area contributed by atoms with Crippen molar-refractivity contribution in [3.63, 3.8) is 0 Å². The van der Waals surface area contributed by atoms with E-state index in [4.69, 9.17) is 9.72 Å². The summed E-state index contributed by atoms with van der Waals surface area (Å²) in [5.41, 5.74) is 7.75. The Balaban J connectivity index is 1.22. The highest BCUT2D eigenvalue weighted by Gasteiger charge is 2.22. The number of nitrogens with zero attached hydrogens (tertiary/aromatic N) is 4. The molecule has 49 heavy (non-hydrogen) atoms. The van der Waals surface area contributed by atoms with Crippen molar-refractivity contribution >= 4 is 46.1 Å². The fourth-order valence-corrected chi connectivity index (χ4v) is 8.57. The van der Waals surface area contributed by atoms with E-state index < -0.39 is 8.07 Å². The number of hydrogen-bond donors (Lipinski definition) is 0. The number of aromatic nitrogens is 4. The molecule has 3 aromatic heterocycles. The molecule has 242 valence electrons. The van der Waals surface area contributed by atoms with Gasteiger partial charge in [-0.25, -0.2) is 4.98 Å². The van der Waals surface area contributed by atoms with Gasteiger partial charge >= 0.3 is 0 Å². The molecule has 0 fully saturated rings. The first-order valence-electron chi connectivity index (χ1n) is 16.9. The average molecular weight is 657 g/mol. The Morgan fingerprint density at radius 2 is 1.39 bits per heavy atom. The molecule has 0 atom stereocenters. The lowest BCUT2D eigenvalue weighted by atomic mass is 10.1. The first-order chi connectivity index (χ1) is 23.6. The third kappa shape index (κ3) is 5.52. The maximum Gasteiger partial charge on any atom is 0.244 e. The van der Waals surface area contributed by atoms with E-state index in [9.17, 15) is 0 Å². The quantitative estimate of drug-likeness (QED) is 0.101. The van der Waals surface area contributed by atoms with Gasteiger partial charge in [0.15, 0.2) is 0 Å². The highest BCUT2D eigenvalue weighted by molar-refractivity contribution is 6.89. The van der Waals surface area contributed by atoms with Gasteiger partial charge in [0.1, 0.15) is 17.3 Å². The van der Waals surface area contributed by atoms with Crippen LogP contribution in [0.3, 0.4) is 0 Å². The standard InChI is InChI=1S/C43H40N4OSi/c1-43(2,3)46-29-45(38-19-10-11-20-39(38)46)31-14-13-15-32(27-31)48-33-22-23-36-35-17-7-9-18-37(35)47(40(36)28-33)42-26-30(24-25-44-42)34-16-8-12-21-41(34)49(4,5)6/h7-28H,1-6H3. The molecule has 0 spiro atoms. The molecule has 8 rings (SSSR count). The highest BCUT2D eigenvalue weighted by Crippen LogP contribution is 2.36. The van der Waals surface area contributed by atoms with E-state index in [1.54, 1.807) is 0 Å². The summed E-state index contributed by atoms with van der Waals surface area (Å²) in [4.78, 5) is 4.93. The second kappa shape index (κ2) is 11.6. The number of benzene rings is 5. The number of imidazole rings is 1. The van der Waals surface area contributed by atoms with Crippen LogP contribution in [0.5, 0.6) is 11.5 Å². The lowest BCUT2D eigenvalue weighted by molar-refractivity contribution is -0.734. The number of rotatable bonds is 6. The molecule has 0 aliphatic heterocycles. The van der Waals surface area contributed by atoms with Crippen LogP contribution in [0.15, 0.2) is 134 Å². The van der Waals surface area contributed by atoms with Crippen molar-refractivity contribution in [3.05, 3.63) is 140 Å². The van der Waals surface area contributed by atoms with Gasteiger partial charge in [-0.1, -0.05) is 104 Å². The average Bonchev–Trinajstić information content (AvgIpc) is 3.65. The summed E-state index contributed by atoms with van der Waals surface area (Å²) in [5, 5.41) is 3.79. The van der Waals surface area contributed by atoms with Crippen molar-refractivity contribution in [1.82, 2.24) is 14.1 Å². The van der Waals surface area contributed by atoms with Crippen LogP contribution in [-0.2, 0) is 5.54 Å². The molecule has 0 radical (unpaired) electrons. The van der Waals surface area contributed by atoms with Crippen LogP contribution >= 0.6 is 0 Å². The van der Waals surface area contributed by atoms with Crippen molar-refractivity contribution in [2.24, 2.45) is 0 Å². The van der Waals surface area contributed by atoms with Crippen LogP contribution < -0.4 is 14.5 Å². The maximum atomic E-state index is 6.60. The van der Waals surface area contributed by atoms with Crippen LogP contribution in [0.25, 0.3) is 55.5 Å². The van der Waals surface area contributed by atoms with E-state index in [0.717, 1.165) is 50.5 Å². The van der Waals surface area contributed by atoms with Gasteiger partial charge in [0, 0.05) is 23.0 Å². The molecule has 0 bridgehead atoms. The van der Waals surface area contributed by atoms with Gasteiger partial charge in [0.25, 0.3) is 0 Å². The van der Waals surface area contributed by atoms with Crippen LogP contribution in [0.1, 0.15) is 20.8 Å². The Morgan fingerprint density at radius 1 is 0.673 bits per heavy atom. The van der Waals surface area contributed by atoms with Crippen molar-refractivity contribution in [1.29, 1.82) is 0 Å². The molecule has 5 aromatic carbocycles. The Labute approximate surface area is 288 Å². The summed E-state index contributed by atoms with van der Waals surface area (Å²) in [6.07, 6.45) is 5.53. The monoisotopic (exact) mass is 656 g/mol. The zero-order valence-corrected chi connectivity index (χ0v) is 29.9. The van der Waals surface area contributed by atoms with Gasteiger partial charge in [0.2, 0.25) is 6.33 Å². The summed E-state index contributed by atoms with van der Waals surface area (Å²) in [5.74, 6) is 2.41. The van der Waals surface area contributed by atoms with Crippen LogP contribution in [-0.4, -0.2) is 22.2 Å². The first kappa shape index (κ1) is 30.8. The van der Waals surface area contributed by atoms with Gasteiger partial charge in [-0.3, -0.25) is 4.57 Å². The molecule has 8 aromatic rings. The number of para-hydroxylation sites is 3. The highest BCUT2D eigenvalue weighted by atomic mass is 28.3. The number of ether oxygens (including phenoxy) is 1. The van der Waals surface area contributed by atoms with Crippen LogP contribution in [0.2, 0.25) is 19.6 Å².